The van der Waals surface area contributed by atoms with Gasteiger partial charge < -0.3 is 10.1 Å². The minimum atomic E-state index is -0.938. The van der Waals surface area contributed by atoms with E-state index in [1.54, 1.807) is 36.4 Å². The first-order valence-corrected chi connectivity index (χ1v) is 8.85. The van der Waals surface area contributed by atoms with Crippen LogP contribution in [0.5, 0.6) is 0 Å². The molecule has 1 aliphatic carbocycles. The van der Waals surface area contributed by atoms with Crippen molar-refractivity contribution in [3.05, 3.63) is 71.8 Å². The van der Waals surface area contributed by atoms with Crippen molar-refractivity contribution < 1.29 is 14.3 Å². The highest BCUT2D eigenvalue weighted by Gasteiger charge is 2.27. The molecule has 1 aliphatic rings. The molecular formula is C21H23NO3. The second-order valence-corrected chi connectivity index (χ2v) is 6.41. The van der Waals surface area contributed by atoms with Gasteiger partial charge in [0, 0.05) is 17.2 Å². The van der Waals surface area contributed by atoms with Gasteiger partial charge in [0.15, 0.2) is 6.10 Å². The number of Topliss-reactive ketones (excluding diaryl/α,β-unsaturated/α-hetero) is 1. The smallest absolute Gasteiger partial charge is 0.408 e. The molecule has 4 nitrogen and oxygen atoms in total. The van der Waals surface area contributed by atoms with E-state index in [2.05, 4.69) is 5.32 Å². The minimum Gasteiger partial charge on any atom is -0.433 e. The Morgan fingerprint density at radius 2 is 1.48 bits per heavy atom. The summed E-state index contributed by atoms with van der Waals surface area (Å²) in [5.41, 5.74) is 1.21. The molecule has 2 aromatic rings. The Hall–Kier alpha value is -2.62. The fourth-order valence-corrected chi connectivity index (χ4v) is 3.21. The molecule has 0 bridgehead atoms. The normalized spacial score (nSPS) is 16.0. The number of amides is 1. The molecule has 1 unspecified atom stereocenters. The third kappa shape index (κ3) is 4.69. The fourth-order valence-electron chi connectivity index (χ4n) is 3.21. The van der Waals surface area contributed by atoms with Gasteiger partial charge in [-0.25, -0.2) is 4.79 Å². The molecule has 1 fully saturated rings. The van der Waals surface area contributed by atoms with Crippen molar-refractivity contribution in [2.75, 3.05) is 0 Å². The molecule has 1 N–H and O–H groups in total. The maximum absolute atomic E-state index is 12.9. The predicted molar refractivity (Wildman–Crippen MR) is 96.4 cm³/mol. The molecule has 1 atom stereocenters. The van der Waals surface area contributed by atoms with E-state index in [9.17, 15) is 9.59 Å². The second-order valence-electron chi connectivity index (χ2n) is 6.41. The van der Waals surface area contributed by atoms with E-state index in [0.717, 1.165) is 25.7 Å². The number of nitrogens with one attached hydrogen (secondary N) is 1. The molecule has 0 heterocycles. The quantitative estimate of drug-likeness (QED) is 0.807. The number of hydrogen-bond acceptors (Lipinski definition) is 3. The van der Waals surface area contributed by atoms with Gasteiger partial charge in [-0.3, -0.25) is 4.79 Å². The summed E-state index contributed by atoms with van der Waals surface area (Å²) in [4.78, 5) is 25.2. The Balaban J connectivity index is 1.74. The van der Waals surface area contributed by atoms with Gasteiger partial charge in [0.25, 0.3) is 0 Å². The van der Waals surface area contributed by atoms with Crippen molar-refractivity contribution in [1.82, 2.24) is 5.32 Å². The molecule has 130 valence electrons. The summed E-state index contributed by atoms with van der Waals surface area (Å²) in [6.45, 7) is 0. The van der Waals surface area contributed by atoms with Gasteiger partial charge in [-0.05, 0) is 12.8 Å². The number of rotatable bonds is 5. The molecule has 1 amide bonds. The van der Waals surface area contributed by atoms with Crippen molar-refractivity contribution in [1.29, 1.82) is 0 Å². The van der Waals surface area contributed by atoms with Gasteiger partial charge in [-0.1, -0.05) is 79.9 Å². The van der Waals surface area contributed by atoms with Crippen LogP contribution in [0.25, 0.3) is 0 Å². The molecule has 1 saturated carbocycles. The van der Waals surface area contributed by atoms with E-state index in [4.69, 9.17) is 4.74 Å². The highest BCUT2D eigenvalue weighted by molar-refractivity contribution is 6.00. The Labute approximate surface area is 148 Å². The average Bonchev–Trinajstić information content (AvgIpc) is 2.68. The van der Waals surface area contributed by atoms with Gasteiger partial charge in [0.1, 0.15) is 0 Å². The summed E-state index contributed by atoms with van der Waals surface area (Å²) in [5, 5.41) is 2.91. The van der Waals surface area contributed by atoms with Gasteiger partial charge >= 0.3 is 6.09 Å². The van der Waals surface area contributed by atoms with Crippen LogP contribution in [0, 0.1) is 0 Å². The number of hydrogen-bond donors (Lipinski definition) is 1. The van der Waals surface area contributed by atoms with Crippen LogP contribution in [0.4, 0.5) is 4.79 Å². The number of ether oxygens (including phenoxy) is 1. The van der Waals surface area contributed by atoms with Gasteiger partial charge in [0.2, 0.25) is 5.78 Å². The van der Waals surface area contributed by atoms with Crippen LogP contribution in [0.1, 0.15) is 54.1 Å². The third-order valence-electron chi connectivity index (χ3n) is 4.55. The standard InChI is InChI=1S/C21H23NO3/c23-19(16-10-4-1-5-11-16)20(17-12-6-2-7-13-17)25-21(24)22-18-14-8-3-9-15-18/h1-2,4-7,10-13,18,20H,3,8-9,14-15H2,(H,22,24). The maximum atomic E-state index is 12.9. The lowest BCUT2D eigenvalue weighted by molar-refractivity contribution is 0.0613. The number of alkyl carbamates (subject to hydrolysis) is 1. The first kappa shape index (κ1) is 17.2. The predicted octanol–water partition coefficient (Wildman–Crippen LogP) is 4.67. The minimum absolute atomic E-state index is 0.143. The van der Waals surface area contributed by atoms with Crippen LogP contribution >= 0.6 is 0 Å². The number of carbonyl (C=O) groups excluding carboxylic acids is 2. The molecule has 2 aromatic carbocycles. The zero-order valence-corrected chi connectivity index (χ0v) is 14.2. The van der Waals surface area contributed by atoms with Crippen molar-refractivity contribution in [3.8, 4) is 0 Å². The molecule has 0 saturated heterocycles. The van der Waals surface area contributed by atoms with E-state index >= 15 is 0 Å². The summed E-state index contributed by atoms with van der Waals surface area (Å²) < 4.78 is 5.56. The monoisotopic (exact) mass is 337 g/mol. The molecule has 0 radical (unpaired) electrons. The summed E-state index contributed by atoms with van der Waals surface area (Å²) >= 11 is 0. The Kier molecular flexibility index (Phi) is 5.83. The van der Waals surface area contributed by atoms with Gasteiger partial charge in [0.05, 0.1) is 0 Å². The van der Waals surface area contributed by atoms with Crippen LogP contribution in [-0.2, 0) is 4.74 Å². The molecule has 0 aromatic heterocycles. The lowest BCUT2D eigenvalue weighted by Gasteiger charge is -2.24. The first-order valence-electron chi connectivity index (χ1n) is 8.85. The van der Waals surface area contributed by atoms with Crippen molar-refractivity contribution in [2.24, 2.45) is 0 Å². The van der Waals surface area contributed by atoms with Crippen LogP contribution in [0.2, 0.25) is 0 Å². The van der Waals surface area contributed by atoms with E-state index < -0.39 is 12.2 Å². The second kappa shape index (κ2) is 8.47. The zero-order valence-electron chi connectivity index (χ0n) is 14.2. The van der Waals surface area contributed by atoms with E-state index in [-0.39, 0.29) is 11.8 Å². The molecule has 0 aliphatic heterocycles. The van der Waals surface area contributed by atoms with Gasteiger partial charge in [-0.15, -0.1) is 0 Å². The Bertz CT molecular complexity index is 694. The molecule has 25 heavy (non-hydrogen) atoms. The number of carbonyl (C=O) groups is 2. The topological polar surface area (TPSA) is 55.4 Å². The highest BCUT2D eigenvalue weighted by Crippen LogP contribution is 2.23. The molecule has 0 spiro atoms. The maximum Gasteiger partial charge on any atom is 0.408 e. The third-order valence-corrected chi connectivity index (χ3v) is 4.55. The highest BCUT2D eigenvalue weighted by atomic mass is 16.6. The number of benzene rings is 2. The summed E-state index contributed by atoms with van der Waals surface area (Å²) in [6.07, 6.45) is 3.94. The van der Waals surface area contributed by atoms with E-state index in [1.807, 2.05) is 24.3 Å². The molecule has 4 heteroatoms. The SMILES string of the molecule is O=C(NC1CCCCC1)OC(C(=O)c1ccccc1)c1ccccc1. The van der Waals surface area contributed by atoms with Crippen molar-refractivity contribution in [3.63, 3.8) is 0 Å². The fraction of sp³-hybridized carbons (Fsp3) is 0.333. The lowest BCUT2D eigenvalue weighted by atomic mass is 9.96. The zero-order chi connectivity index (χ0) is 17.5. The van der Waals surface area contributed by atoms with Crippen LogP contribution in [0.15, 0.2) is 60.7 Å². The van der Waals surface area contributed by atoms with E-state index in [1.165, 1.54) is 6.42 Å². The Morgan fingerprint density at radius 3 is 2.12 bits per heavy atom. The number of ketones is 1. The van der Waals surface area contributed by atoms with Gasteiger partial charge in [-0.2, -0.15) is 0 Å². The van der Waals surface area contributed by atoms with Crippen LogP contribution in [0.3, 0.4) is 0 Å². The summed E-state index contributed by atoms with van der Waals surface area (Å²) in [6, 6.07) is 18.2. The lowest BCUT2D eigenvalue weighted by Crippen LogP contribution is -2.38. The average molecular weight is 337 g/mol. The Morgan fingerprint density at radius 1 is 0.880 bits per heavy atom. The van der Waals surface area contributed by atoms with Crippen LogP contribution < -0.4 is 5.32 Å². The molecular weight excluding hydrogens is 314 g/mol. The molecule has 3 rings (SSSR count). The van der Waals surface area contributed by atoms with Crippen molar-refractivity contribution >= 4 is 11.9 Å². The van der Waals surface area contributed by atoms with Crippen LogP contribution in [-0.4, -0.2) is 17.9 Å². The summed E-state index contributed by atoms with van der Waals surface area (Å²) in [5.74, 6) is -0.217. The summed E-state index contributed by atoms with van der Waals surface area (Å²) in [7, 11) is 0. The first-order chi connectivity index (χ1) is 12.2. The van der Waals surface area contributed by atoms with Crippen molar-refractivity contribution in [2.45, 2.75) is 44.2 Å². The van der Waals surface area contributed by atoms with E-state index in [0.29, 0.717) is 11.1 Å². The largest absolute Gasteiger partial charge is 0.433 e.